The van der Waals surface area contributed by atoms with Gasteiger partial charge in [-0.1, -0.05) is 0 Å². The average Bonchev–Trinajstić information content (AvgIpc) is 2.38. The van der Waals surface area contributed by atoms with Crippen molar-refractivity contribution >= 4 is 0 Å². The van der Waals surface area contributed by atoms with Crippen LogP contribution in [0.5, 0.6) is 0 Å². The van der Waals surface area contributed by atoms with Crippen molar-refractivity contribution in [3.8, 4) is 0 Å². The molecule has 0 aliphatic carbocycles. The van der Waals surface area contributed by atoms with Gasteiger partial charge in [0.1, 0.15) is 0 Å². The lowest BCUT2D eigenvalue weighted by Gasteiger charge is -2.11. The Morgan fingerprint density at radius 3 is 2.28 bits per heavy atom. The molecule has 1 unspecified atom stereocenters. The second-order valence-corrected chi connectivity index (χ2v) is 3.58. The summed E-state index contributed by atoms with van der Waals surface area (Å²) in [4.78, 5) is 11.5. The van der Waals surface area contributed by atoms with E-state index in [0.29, 0.717) is 11.4 Å². The van der Waals surface area contributed by atoms with Gasteiger partial charge >= 0.3 is 6.18 Å². The van der Waals surface area contributed by atoms with Crippen LogP contribution in [-0.4, -0.2) is 15.0 Å². The summed E-state index contributed by atoms with van der Waals surface area (Å²) in [5.41, 5.74) is 5.78. The molecule has 0 aliphatic rings. The van der Waals surface area contributed by atoms with E-state index in [9.17, 15) is 13.2 Å². The van der Waals surface area contributed by atoms with E-state index in [1.54, 1.807) is 0 Å². The molecule has 0 fully saturated rings. The van der Waals surface area contributed by atoms with Crippen molar-refractivity contribution in [3.63, 3.8) is 0 Å². The molecule has 0 radical (unpaired) electrons. The number of nitrogens with zero attached hydrogens (tertiary/aromatic N) is 3. The highest BCUT2D eigenvalue weighted by molar-refractivity contribution is 5.23. The Morgan fingerprint density at radius 2 is 1.78 bits per heavy atom. The number of nitrogens with two attached hydrogens (primary N) is 1. The molecule has 0 spiro atoms. The van der Waals surface area contributed by atoms with Gasteiger partial charge in [0, 0.05) is 18.6 Å². The fourth-order valence-corrected chi connectivity index (χ4v) is 1.38. The van der Waals surface area contributed by atoms with E-state index >= 15 is 0 Å². The summed E-state index contributed by atoms with van der Waals surface area (Å²) in [5, 5.41) is 0. The zero-order chi connectivity index (χ0) is 13.2. The molecule has 0 saturated carbocycles. The summed E-state index contributed by atoms with van der Waals surface area (Å²) >= 11 is 0. The number of rotatable bonds is 2. The SMILES string of the molecule is NC(c1ccc(C(F)(F)F)cn1)c1cnccn1. The summed E-state index contributed by atoms with van der Waals surface area (Å²) in [5.74, 6) is 0. The molecule has 7 heteroatoms. The van der Waals surface area contributed by atoms with Crippen LogP contribution >= 0.6 is 0 Å². The second-order valence-electron chi connectivity index (χ2n) is 3.58. The summed E-state index contributed by atoms with van der Waals surface area (Å²) in [7, 11) is 0. The molecule has 94 valence electrons. The second kappa shape index (κ2) is 4.69. The lowest BCUT2D eigenvalue weighted by atomic mass is 10.1. The predicted molar refractivity (Wildman–Crippen MR) is 57.3 cm³/mol. The Balaban J connectivity index is 2.25. The fraction of sp³-hybridized carbons (Fsp3) is 0.182. The molecular formula is C11H9F3N4. The third-order valence-electron chi connectivity index (χ3n) is 2.33. The van der Waals surface area contributed by atoms with Crippen LogP contribution < -0.4 is 5.73 Å². The third kappa shape index (κ3) is 2.62. The van der Waals surface area contributed by atoms with Crippen molar-refractivity contribution in [2.24, 2.45) is 5.73 Å². The van der Waals surface area contributed by atoms with E-state index in [0.717, 1.165) is 12.3 Å². The first-order valence-electron chi connectivity index (χ1n) is 5.03. The first kappa shape index (κ1) is 12.4. The van der Waals surface area contributed by atoms with Crippen molar-refractivity contribution in [3.05, 3.63) is 53.9 Å². The Bertz CT molecular complexity index is 510. The van der Waals surface area contributed by atoms with Crippen LogP contribution in [0.4, 0.5) is 13.2 Å². The summed E-state index contributed by atoms with van der Waals surface area (Å²) in [6.07, 6.45) is 0.743. The summed E-state index contributed by atoms with van der Waals surface area (Å²) < 4.78 is 37.1. The minimum Gasteiger partial charge on any atom is -0.318 e. The molecule has 2 heterocycles. The molecule has 0 bridgehead atoms. The number of halogens is 3. The monoisotopic (exact) mass is 254 g/mol. The van der Waals surface area contributed by atoms with Crippen LogP contribution in [0, 0.1) is 0 Å². The van der Waals surface area contributed by atoms with Gasteiger partial charge in [0.15, 0.2) is 0 Å². The minimum absolute atomic E-state index is 0.309. The fourth-order valence-electron chi connectivity index (χ4n) is 1.38. The molecule has 0 aromatic carbocycles. The average molecular weight is 254 g/mol. The van der Waals surface area contributed by atoms with Gasteiger partial charge in [0.2, 0.25) is 0 Å². The molecule has 2 aromatic heterocycles. The number of hydrogen-bond donors (Lipinski definition) is 1. The van der Waals surface area contributed by atoms with Gasteiger partial charge in [-0.05, 0) is 12.1 Å². The van der Waals surface area contributed by atoms with E-state index < -0.39 is 17.8 Å². The van der Waals surface area contributed by atoms with E-state index in [1.807, 2.05) is 0 Å². The van der Waals surface area contributed by atoms with Gasteiger partial charge in [0.05, 0.1) is 29.2 Å². The highest BCUT2D eigenvalue weighted by atomic mass is 19.4. The zero-order valence-corrected chi connectivity index (χ0v) is 9.09. The van der Waals surface area contributed by atoms with Crippen LogP contribution in [0.1, 0.15) is 23.0 Å². The summed E-state index contributed by atoms with van der Waals surface area (Å²) in [6, 6.07) is 1.49. The number of alkyl halides is 3. The predicted octanol–water partition coefficient (Wildman–Crippen LogP) is 1.94. The molecular weight excluding hydrogens is 245 g/mol. The van der Waals surface area contributed by atoms with Crippen molar-refractivity contribution < 1.29 is 13.2 Å². The van der Waals surface area contributed by atoms with Crippen LogP contribution in [-0.2, 0) is 6.18 Å². The van der Waals surface area contributed by atoms with E-state index in [1.165, 1.54) is 24.7 Å². The number of hydrogen-bond acceptors (Lipinski definition) is 4. The molecule has 0 amide bonds. The Kier molecular flexibility index (Phi) is 3.24. The minimum atomic E-state index is -4.40. The lowest BCUT2D eigenvalue weighted by molar-refractivity contribution is -0.137. The smallest absolute Gasteiger partial charge is 0.318 e. The van der Waals surface area contributed by atoms with Gasteiger partial charge in [-0.25, -0.2) is 0 Å². The maximum atomic E-state index is 12.4. The zero-order valence-electron chi connectivity index (χ0n) is 9.09. The van der Waals surface area contributed by atoms with Crippen molar-refractivity contribution in [2.75, 3.05) is 0 Å². The van der Waals surface area contributed by atoms with Gasteiger partial charge in [-0.2, -0.15) is 13.2 Å². The normalized spacial score (nSPS) is 13.3. The van der Waals surface area contributed by atoms with Gasteiger partial charge in [-0.3, -0.25) is 15.0 Å². The quantitative estimate of drug-likeness (QED) is 0.889. The highest BCUT2D eigenvalue weighted by Gasteiger charge is 2.30. The number of pyridine rings is 1. The molecule has 1 atom stereocenters. The number of aromatic nitrogens is 3. The van der Waals surface area contributed by atoms with Crippen LogP contribution in [0.25, 0.3) is 0 Å². The maximum Gasteiger partial charge on any atom is 0.417 e. The molecule has 2 N–H and O–H groups in total. The van der Waals surface area contributed by atoms with Crippen molar-refractivity contribution in [1.82, 2.24) is 15.0 Å². The molecule has 2 aromatic rings. The van der Waals surface area contributed by atoms with Gasteiger partial charge in [-0.15, -0.1) is 0 Å². The highest BCUT2D eigenvalue weighted by Crippen LogP contribution is 2.29. The third-order valence-corrected chi connectivity index (χ3v) is 2.33. The van der Waals surface area contributed by atoms with Crippen LogP contribution in [0.2, 0.25) is 0 Å². The van der Waals surface area contributed by atoms with Crippen LogP contribution in [0.3, 0.4) is 0 Å². The van der Waals surface area contributed by atoms with Crippen molar-refractivity contribution in [1.29, 1.82) is 0 Å². The summed E-state index contributed by atoms with van der Waals surface area (Å²) in [6.45, 7) is 0. The van der Waals surface area contributed by atoms with E-state index in [2.05, 4.69) is 15.0 Å². The topological polar surface area (TPSA) is 64.7 Å². The Labute approximate surface area is 101 Å². The van der Waals surface area contributed by atoms with Gasteiger partial charge in [0.25, 0.3) is 0 Å². The molecule has 0 aliphatic heterocycles. The molecule has 0 saturated heterocycles. The Hall–Kier alpha value is -2.02. The van der Waals surface area contributed by atoms with Crippen LogP contribution in [0.15, 0.2) is 36.9 Å². The maximum absolute atomic E-state index is 12.4. The van der Waals surface area contributed by atoms with E-state index in [-0.39, 0.29) is 0 Å². The molecule has 4 nitrogen and oxygen atoms in total. The first-order valence-corrected chi connectivity index (χ1v) is 5.03. The Morgan fingerprint density at radius 1 is 1.00 bits per heavy atom. The first-order chi connectivity index (χ1) is 8.48. The van der Waals surface area contributed by atoms with E-state index in [4.69, 9.17) is 5.73 Å². The standard InChI is InChI=1S/C11H9F3N4/c12-11(13,14)7-1-2-8(18-5-7)10(15)9-6-16-3-4-17-9/h1-6,10H,15H2. The molecule has 18 heavy (non-hydrogen) atoms. The lowest BCUT2D eigenvalue weighted by Crippen LogP contribution is -2.16. The largest absolute Gasteiger partial charge is 0.417 e. The van der Waals surface area contributed by atoms with Gasteiger partial charge < -0.3 is 5.73 Å². The molecule has 2 rings (SSSR count). The van der Waals surface area contributed by atoms with Crippen molar-refractivity contribution in [2.45, 2.75) is 12.2 Å².